The fourth-order valence-electron chi connectivity index (χ4n) is 7.82. The topological polar surface area (TPSA) is 63.1 Å². The number of fused-ring (bicyclic) bond motifs is 1. The highest BCUT2D eigenvalue weighted by Gasteiger charge is 2.24. The van der Waals surface area contributed by atoms with Crippen molar-refractivity contribution in [3.05, 3.63) is 229 Å². The molecular formula is C53H37N5. The highest BCUT2D eigenvalue weighted by molar-refractivity contribution is 6.10. The Bertz CT molecular complexity index is 2900. The molecule has 5 nitrogen and oxygen atoms in total. The molecule has 1 aliphatic heterocycles. The van der Waals surface area contributed by atoms with Gasteiger partial charge in [0.15, 0.2) is 17.5 Å². The fourth-order valence-corrected chi connectivity index (χ4v) is 7.82. The van der Waals surface area contributed by atoms with Crippen LogP contribution in [0.5, 0.6) is 0 Å². The first-order valence-corrected chi connectivity index (χ1v) is 19.5. The van der Waals surface area contributed by atoms with E-state index in [4.69, 9.17) is 19.9 Å². The van der Waals surface area contributed by atoms with E-state index < -0.39 is 0 Å². The molecular weight excluding hydrogens is 707 g/mol. The van der Waals surface area contributed by atoms with Crippen LogP contribution in [0.25, 0.3) is 72.9 Å². The maximum atomic E-state index is 5.31. The van der Waals surface area contributed by atoms with Crippen molar-refractivity contribution in [1.29, 1.82) is 0 Å². The van der Waals surface area contributed by atoms with Gasteiger partial charge in [0.2, 0.25) is 0 Å². The van der Waals surface area contributed by atoms with E-state index in [1.807, 2.05) is 66.7 Å². The minimum Gasteiger partial charge on any atom is -0.359 e. The van der Waals surface area contributed by atoms with E-state index in [1.54, 1.807) is 0 Å². The third kappa shape index (κ3) is 6.76. The molecule has 58 heavy (non-hydrogen) atoms. The SMILES string of the molecule is C1=C(c2ccccc2)N=C(c2ccccc2-c2ccccc2-c2ccc3ccccc3c2-c2nc(-c3ccccc3)nc(-c3ccccc3)n2)NC1c1ccccc1. The second-order valence-electron chi connectivity index (χ2n) is 14.2. The van der Waals surface area contributed by atoms with E-state index in [9.17, 15) is 0 Å². The zero-order valence-corrected chi connectivity index (χ0v) is 31.6. The van der Waals surface area contributed by atoms with Crippen LogP contribution in [0.2, 0.25) is 0 Å². The third-order valence-electron chi connectivity index (χ3n) is 10.6. The Labute approximate surface area is 337 Å². The maximum absolute atomic E-state index is 5.31. The molecule has 0 aliphatic carbocycles. The molecule has 1 aromatic heterocycles. The van der Waals surface area contributed by atoms with E-state index in [1.165, 1.54) is 5.56 Å². The monoisotopic (exact) mass is 743 g/mol. The van der Waals surface area contributed by atoms with E-state index in [-0.39, 0.29) is 6.04 Å². The smallest absolute Gasteiger partial charge is 0.165 e. The first kappa shape index (κ1) is 34.7. The number of aromatic nitrogens is 3. The van der Waals surface area contributed by atoms with Crippen molar-refractivity contribution in [3.63, 3.8) is 0 Å². The lowest BCUT2D eigenvalue weighted by molar-refractivity contribution is 0.781. The van der Waals surface area contributed by atoms with Gasteiger partial charge in [-0.1, -0.05) is 206 Å². The van der Waals surface area contributed by atoms with Crippen molar-refractivity contribution in [2.45, 2.75) is 6.04 Å². The van der Waals surface area contributed by atoms with Crippen LogP contribution >= 0.6 is 0 Å². The standard InChI is InChI=1S/C53H37N5/c1-5-20-37(21-6-1)47-35-48(38-22-7-2-8-23-38)55-52(54-47)46-32-18-17-31-44(46)42-29-15-16-30-43(42)45-34-33-36-19-13-14-28-41(36)49(45)53-57-50(39-24-9-3-10-25-39)56-51(58-53)40-26-11-4-12-27-40/h1-35,47H,(H,54,55). The Kier molecular flexibility index (Phi) is 9.22. The van der Waals surface area contributed by atoms with Crippen LogP contribution in [0, 0.1) is 0 Å². The Morgan fingerprint density at radius 3 is 1.45 bits per heavy atom. The van der Waals surface area contributed by atoms with Crippen molar-refractivity contribution < 1.29 is 0 Å². The number of benzene rings is 8. The van der Waals surface area contributed by atoms with Gasteiger partial charge in [0, 0.05) is 22.3 Å². The number of amidine groups is 1. The summed E-state index contributed by atoms with van der Waals surface area (Å²) in [6.45, 7) is 0. The first-order chi connectivity index (χ1) is 28.8. The number of hydrogen-bond donors (Lipinski definition) is 1. The minimum atomic E-state index is -0.0687. The Morgan fingerprint density at radius 2 is 0.828 bits per heavy atom. The van der Waals surface area contributed by atoms with Gasteiger partial charge in [-0.05, 0) is 50.2 Å². The van der Waals surface area contributed by atoms with Crippen LogP contribution < -0.4 is 5.32 Å². The summed E-state index contributed by atoms with van der Waals surface area (Å²) < 4.78 is 0. The van der Waals surface area contributed by atoms with Crippen LogP contribution in [0.1, 0.15) is 22.7 Å². The molecule has 0 saturated heterocycles. The lowest BCUT2D eigenvalue weighted by Crippen LogP contribution is -2.31. The van der Waals surface area contributed by atoms with Crippen LogP contribution in [0.3, 0.4) is 0 Å². The largest absolute Gasteiger partial charge is 0.359 e. The van der Waals surface area contributed by atoms with E-state index in [0.29, 0.717) is 17.5 Å². The minimum absolute atomic E-state index is 0.0687. The molecule has 1 unspecified atom stereocenters. The summed E-state index contributed by atoms with van der Waals surface area (Å²) in [5, 5.41) is 5.98. The average molecular weight is 744 g/mol. The van der Waals surface area contributed by atoms with Crippen LogP contribution in [-0.4, -0.2) is 20.8 Å². The first-order valence-electron chi connectivity index (χ1n) is 19.5. The predicted octanol–water partition coefficient (Wildman–Crippen LogP) is 12.5. The number of nitrogens with one attached hydrogen (secondary N) is 1. The van der Waals surface area contributed by atoms with Gasteiger partial charge in [-0.15, -0.1) is 0 Å². The summed E-state index contributed by atoms with van der Waals surface area (Å²) in [4.78, 5) is 20.8. The fraction of sp³-hybridized carbons (Fsp3) is 0.0189. The molecule has 0 spiro atoms. The molecule has 274 valence electrons. The molecule has 0 amide bonds. The van der Waals surface area contributed by atoms with Gasteiger partial charge in [-0.3, -0.25) is 0 Å². The van der Waals surface area contributed by atoms with Crippen molar-refractivity contribution >= 4 is 22.3 Å². The van der Waals surface area contributed by atoms with Gasteiger partial charge in [-0.25, -0.2) is 19.9 Å². The second kappa shape index (κ2) is 15.4. The van der Waals surface area contributed by atoms with E-state index in [0.717, 1.165) is 72.4 Å². The molecule has 1 atom stereocenters. The third-order valence-corrected chi connectivity index (χ3v) is 10.6. The molecule has 1 N–H and O–H groups in total. The Hall–Kier alpha value is -7.76. The van der Waals surface area contributed by atoms with E-state index in [2.05, 4.69) is 151 Å². The molecule has 8 aromatic carbocycles. The van der Waals surface area contributed by atoms with Gasteiger partial charge in [0.25, 0.3) is 0 Å². The van der Waals surface area contributed by atoms with E-state index >= 15 is 0 Å². The lowest BCUT2D eigenvalue weighted by atomic mass is 9.87. The molecule has 9 aromatic rings. The molecule has 5 heteroatoms. The molecule has 0 radical (unpaired) electrons. The van der Waals surface area contributed by atoms with Crippen molar-refractivity contribution in [1.82, 2.24) is 20.3 Å². The summed E-state index contributed by atoms with van der Waals surface area (Å²) >= 11 is 0. The molecule has 2 heterocycles. The molecule has 0 bridgehead atoms. The van der Waals surface area contributed by atoms with Gasteiger partial charge in [0.1, 0.15) is 5.84 Å². The lowest BCUT2D eigenvalue weighted by Gasteiger charge is -2.26. The quantitative estimate of drug-likeness (QED) is 0.168. The number of rotatable bonds is 8. The highest BCUT2D eigenvalue weighted by Crippen LogP contribution is 2.43. The summed E-state index contributed by atoms with van der Waals surface area (Å²) in [5.74, 6) is 2.68. The van der Waals surface area contributed by atoms with Crippen LogP contribution in [0.4, 0.5) is 0 Å². The molecule has 1 aliphatic rings. The van der Waals surface area contributed by atoms with Gasteiger partial charge in [-0.2, -0.15) is 0 Å². The average Bonchev–Trinajstić information content (AvgIpc) is 3.32. The van der Waals surface area contributed by atoms with Crippen molar-refractivity contribution in [2.75, 3.05) is 0 Å². The number of aliphatic imine (C=N–C) groups is 1. The molecule has 0 saturated carbocycles. The van der Waals surface area contributed by atoms with Gasteiger partial charge in [0.05, 0.1) is 11.7 Å². The van der Waals surface area contributed by atoms with Crippen molar-refractivity contribution in [3.8, 4) is 56.4 Å². The van der Waals surface area contributed by atoms with Crippen molar-refractivity contribution in [2.24, 2.45) is 4.99 Å². The van der Waals surface area contributed by atoms with Gasteiger partial charge < -0.3 is 5.32 Å². The van der Waals surface area contributed by atoms with Crippen LogP contribution in [-0.2, 0) is 0 Å². The summed E-state index contributed by atoms with van der Waals surface area (Å²) in [6.07, 6.45) is 2.22. The predicted molar refractivity (Wildman–Crippen MR) is 238 cm³/mol. The highest BCUT2D eigenvalue weighted by atomic mass is 15.1. The van der Waals surface area contributed by atoms with Gasteiger partial charge >= 0.3 is 0 Å². The maximum Gasteiger partial charge on any atom is 0.165 e. The second-order valence-corrected chi connectivity index (χ2v) is 14.2. The number of nitrogens with zero attached hydrogens (tertiary/aromatic N) is 4. The zero-order chi connectivity index (χ0) is 38.7. The number of hydrogen-bond acceptors (Lipinski definition) is 5. The molecule has 10 rings (SSSR count). The summed E-state index contributed by atoms with van der Waals surface area (Å²) in [6, 6.07) is 71.2. The van der Waals surface area contributed by atoms with Crippen LogP contribution in [0.15, 0.2) is 217 Å². The Balaban J connectivity index is 1.17. The molecule has 0 fully saturated rings. The normalized spacial score (nSPS) is 13.7. The zero-order valence-electron chi connectivity index (χ0n) is 31.6. The summed E-state index contributed by atoms with van der Waals surface area (Å²) in [7, 11) is 0. The Morgan fingerprint density at radius 1 is 0.362 bits per heavy atom. The summed E-state index contributed by atoms with van der Waals surface area (Å²) in [5.41, 5.74) is 11.2.